The molecule has 0 unspecified atom stereocenters. The monoisotopic (exact) mass is 292 g/mol. The van der Waals surface area contributed by atoms with Crippen LogP contribution in [0.1, 0.15) is 24.8 Å². The largest absolute Gasteiger partial charge is 0.379 e. The lowest BCUT2D eigenvalue weighted by Crippen LogP contribution is -2.43. The lowest BCUT2D eigenvalue weighted by Gasteiger charge is -2.11. The normalized spacial score (nSPS) is 15.3. The molecule has 1 aromatic carbocycles. The van der Waals surface area contributed by atoms with Gasteiger partial charge in [-0.15, -0.1) is 0 Å². The maximum absolute atomic E-state index is 11.6. The molecule has 0 aromatic heterocycles. The third-order valence-electron chi connectivity index (χ3n) is 3.55. The van der Waals surface area contributed by atoms with Gasteiger partial charge in [0.05, 0.1) is 10.5 Å². The molecule has 0 radical (unpaired) electrons. The summed E-state index contributed by atoms with van der Waals surface area (Å²) in [4.78, 5) is 22.2. The summed E-state index contributed by atoms with van der Waals surface area (Å²) >= 11 is 0. The molecule has 1 aliphatic rings. The molecule has 7 heteroatoms. The van der Waals surface area contributed by atoms with E-state index in [2.05, 4.69) is 10.6 Å². The van der Waals surface area contributed by atoms with Crippen LogP contribution in [0, 0.1) is 17.0 Å². The summed E-state index contributed by atoms with van der Waals surface area (Å²) in [5.41, 5.74) is 6.52. The second kappa shape index (κ2) is 6.09. The number of nitrogens with two attached hydrogens (primary N) is 1. The Hall–Kier alpha value is -2.15. The molecule has 7 nitrogen and oxygen atoms in total. The van der Waals surface area contributed by atoms with Gasteiger partial charge in [0.1, 0.15) is 5.69 Å². The Kier molecular flexibility index (Phi) is 4.42. The zero-order valence-corrected chi connectivity index (χ0v) is 12.0. The predicted molar refractivity (Wildman–Crippen MR) is 80.1 cm³/mol. The van der Waals surface area contributed by atoms with Gasteiger partial charge in [-0.2, -0.15) is 0 Å². The number of nitrogens with one attached hydrogen (secondary N) is 2. The predicted octanol–water partition coefficient (Wildman–Crippen LogP) is 1.31. The first-order chi connectivity index (χ1) is 9.92. The molecule has 1 aliphatic carbocycles. The van der Waals surface area contributed by atoms with Crippen LogP contribution in [-0.4, -0.2) is 29.5 Å². The molecule has 0 spiro atoms. The molecule has 0 atom stereocenters. The molecule has 114 valence electrons. The van der Waals surface area contributed by atoms with E-state index < -0.39 is 10.5 Å². The van der Waals surface area contributed by atoms with Crippen LogP contribution >= 0.6 is 0 Å². The molecular formula is C14H20N4O3. The lowest BCUT2D eigenvalue weighted by atomic mass is 10.2. The highest BCUT2D eigenvalue weighted by atomic mass is 16.6. The van der Waals surface area contributed by atoms with Crippen LogP contribution < -0.4 is 16.4 Å². The third-order valence-corrected chi connectivity index (χ3v) is 3.55. The van der Waals surface area contributed by atoms with E-state index in [1.807, 2.05) is 13.0 Å². The average molecular weight is 292 g/mol. The summed E-state index contributed by atoms with van der Waals surface area (Å²) < 4.78 is 0. The van der Waals surface area contributed by atoms with E-state index in [0.717, 1.165) is 18.4 Å². The van der Waals surface area contributed by atoms with Gasteiger partial charge in [0.25, 0.3) is 5.69 Å². The highest BCUT2D eigenvalue weighted by molar-refractivity contribution is 5.88. The van der Waals surface area contributed by atoms with E-state index in [0.29, 0.717) is 25.2 Å². The molecule has 1 saturated carbocycles. The summed E-state index contributed by atoms with van der Waals surface area (Å²) in [7, 11) is 0. The van der Waals surface area contributed by atoms with Crippen molar-refractivity contribution >= 4 is 17.3 Å². The number of aryl methyl sites for hydroxylation is 1. The minimum atomic E-state index is -0.650. The van der Waals surface area contributed by atoms with Gasteiger partial charge in [0.15, 0.2) is 0 Å². The number of hydrogen-bond donors (Lipinski definition) is 3. The molecule has 21 heavy (non-hydrogen) atoms. The van der Waals surface area contributed by atoms with E-state index in [-0.39, 0.29) is 11.6 Å². The van der Waals surface area contributed by atoms with Crippen molar-refractivity contribution in [3.8, 4) is 0 Å². The number of carbonyl (C=O) groups is 1. The van der Waals surface area contributed by atoms with Crippen LogP contribution in [0.25, 0.3) is 0 Å². The SMILES string of the molecule is Cc1ccc(NCCCNC(=O)C2(N)CC2)c([N+](=O)[O-])c1. The summed E-state index contributed by atoms with van der Waals surface area (Å²) in [6, 6.07) is 5.06. The smallest absolute Gasteiger partial charge is 0.292 e. The molecule has 4 N–H and O–H groups in total. The van der Waals surface area contributed by atoms with E-state index in [1.165, 1.54) is 6.07 Å². The fourth-order valence-corrected chi connectivity index (χ4v) is 1.99. The Morgan fingerprint density at radius 2 is 2.14 bits per heavy atom. The summed E-state index contributed by atoms with van der Waals surface area (Å²) in [6.45, 7) is 2.86. The van der Waals surface area contributed by atoms with Gasteiger partial charge in [-0.25, -0.2) is 0 Å². The first-order valence-electron chi connectivity index (χ1n) is 6.98. The molecular weight excluding hydrogens is 272 g/mol. The van der Waals surface area contributed by atoms with Crippen molar-refractivity contribution in [2.45, 2.75) is 31.7 Å². The van der Waals surface area contributed by atoms with Crippen molar-refractivity contribution < 1.29 is 9.72 Å². The standard InChI is InChI=1S/C14H20N4O3/c1-10-3-4-11(12(9-10)18(20)21)16-7-2-8-17-13(19)14(15)5-6-14/h3-4,9,16H,2,5-8,15H2,1H3,(H,17,19). The quantitative estimate of drug-likeness (QED) is 0.399. The Bertz CT molecular complexity index is 555. The number of nitrogens with zero attached hydrogens (tertiary/aromatic N) is 1. The molecule has 1 fully saturated rings. The van der Waals surface area contributed by atoms with Gasteiger partial charge < -0.3 is 16.4 Å². The van der Waals surface area contributed by atoms with Crippen LogP contribution in [0.15, 0.2) is 18.2 Å². The van der Waals surface area contributed by atoms with Gasteiger partial charge in [0, 0.05) is 19.2 Å². The number of hydrogen-bond acceptors (Lipinski definition) is 5. The highest BCUT2D eigenvalue weighted by Crippen LogP contribution is 2.32. The second-order valence-corrected chi connectivity index (χ2v) is 5.47. The first-order valence-corrected chi connectivity index (χ1v) is 6.98. The van der Waals surface area contributed by atoms with Gasteiger partial charge in [-0.05, 0) is 37.8 Å². The zero-order chi connectivity index (χ0) is 15.5. The highest BCUT2D eigenvalue weighted by Gasteiger charge is 2.45. The summed E-state index contributed by atoms with van der Waals surface area (Å²) in [5, 5.41) is 16.8. The molecule has 2 rings (SSSR count). The minimum Gasteiger partial charge on any atom is -0.379 e. The van der Waals surface area contributed by atoms with Crippen LogP contribution in [0.2, 0.25) is 0 Å². The molecule has 0 aliphatic heterocycles. The summed E-state index contributed by atoms with van der Waals surface area (Å²) in [6.07, 6.45) is 2.16. The maximum atomic E-state index is 11.6. The lowest BCUT2D eigenvalue weighted by molar-refractivity contribution is -0.384. The average Bonchev–Trinajstić information content (AvgIpc) is 3.18. The number of nitro groups is 1. The topological polar surface area (TPSA) is 110 Å². The number of carbonyl (C=O) groups excluding carboxylic acids is 1. The Balaban J connectivity index is 1.76. The number of amides is 1. The van der Waals surface area contributed by atoms with Crippen LogP contribution in [0.4, 0.5) is 11.4 Å². The second-order valence-electron chi connectivity index (χ2n) is 5.47. The van der Waals surface area contributed by atoms with Gasteiger partial charge in [-0.3, -0.25) is 14.9 Å². The maximum Gasteiger partial charge on any atom is 0.292 e. The fourth-order valence-electron chi connectivity index (χ4n) is 1.99. The van der Waals surface area contributed by atoms with Crippen LogP contribution in [-0.2, 0) is 4.79 Å². The van der Waals surface area contributed by atoms with Crippen molar-refractivity contribution in [1.82, 2.24) is 5.32 Å². The van der Waals surface area contributed by atoms with Gasteiger partial charge in [0.2, 0.25) is 5.91 Å². The Morgan fingerprint density at radius 1 is 1.43 bits per heavy atom. The number of rotatable bonds is 7. The minimum absolute atomic E-state index is 0.0675. The van der Waals surface area contributed by atoms with E-state index >= 15 is 0 Å². The van der Waals surface area contributed by atoms with E-state index in [1.54, 1.807) is 6.07 Å². The molecule has 0 heterocycles. The van der Waals surface area contributed by atoms with Gasteiger partial charge >= 0.3 is 0 Å². The summed E-state index contributed by atoms with van der Waals surface area (Å²) in [5.74, 6) is -0.108. The van der Waals surface area contributed by atoms with Crippen molar-refractivity contribution in [3.05, 3.63) is 33.9 Å². The van der Waals surface area contributed by atoms with Gasteiger partial charge in [-0.1, -0.05) is 6.07 Å². The molecule has 0 saturated heterocycles. The Morgan fingerprint density at radius 3 is 2.76 bits per heavy atom. The van der Waals surface area contributed by atoms with Crippen LogP contribution in [0.5, 0.6) is 0 Å². The molecule has 1 amide bonds. The fraction of sp³-hybridized carbons (Fsp3) is 0.500. The van der Waals surface area contributed by atoms with Crippen molar-refractivity contribution in [2.75, 3.05) is 18.4 Å². The third kappa shape index (κ3) is 3.91. The number of anilines is 1. The van der Waals surface area contributed by atoms with Crippen molar-refractivity contribution in [3.63, 3.8) is 0 Å². The Labute approximate surface area is 123 Å². The van der Waals surface area contributed by atoms with E-state index in [4.69, 9.17) is 5.73 Å². The van der Waals surface area contributed by atoms with Crippen molar-refractivity contribution in [2.24, 2.45) is 5.73 Å². The number of nitro benzene ring substituents is 1. The molecule has 1 aromatic rings. The van der Waals surface area contributed by atoms with Crippen LogP contribution in [0.3, 0.4) is 0 Å². The van der Waals surface area contributed by atoms with E-state index in [9.17, 15) is 14.9 Å². The molecule has 0 bridgehead atoms. The first kappa shape index (κ1) is 15.2. The zero-order valence-electron chi connectivity index (χ0n) is 12.0. The van der Waals surface area contributed by atoms with Crippen molar-refractivity contribution in [1.29, 1.82) is 0 Å². The number of benzene rings is 1.